The zero-order valence-electron chi connectivity index (χ0n) is 9.14. The molecule has 15 heavy (non-hydrogen) atoms. The Morgan fingerprint density at radius 1 is 1.47 bits per heavy atom. The summed E-state index contributed by atoms with van der Waals surface area (Å²) in [4.78, 5) is 11.8. The molecule has 3 heteroatoms. The highest BCUT2D eigenvalue weighted by Crippen LogP contribution is 2.20. The van der Waals surface area contributed by atoms with E-state index in [2.05, 4.69) is 28.2 Å². The molecule has 0 saturated carbocycles. The highest BCUT2D eigenvalue weighted by atomic mass is 79.9. The largest absolute Gasteiger partial charge is 0.352 e. The van der Waals surface area contributed by atoms with E-state index in [-0.39, 0.29) is 5.91 Å². The third kappa shape index (κ3) is 3.34. The smallest absolute Gasteiger partial charge is 0.252 e. The number of nitrogens with one attached hydrogen (secondary N) is 1. The Balaban J connectivity index is 2.69. The molecule has 0 spiro atoms. The molecule has 0 heterocycles. The van der Waals surface area contributed by atoms with E-state index in [0.717, 1.165) is 29.4 Å². The molecule has 0 aromatic heterocycles. The molecule has 1 aromatic carbocycles. The molecule has 0 saturated heterocycles. The SMILES string of the molecule is CCCCNC(=O)c1cccc(C)c1Br. The van der Waals surface area contributed by atoms with E-state index >= 15 is 0 Å². The van der Waals surface area contributed by atoms with Crippen molar-refractivity contribution in [3.63, 3.8) is 0 Å². The van der Waals surface area contributed by atoms with Gasteiger partial charge in [0.15, 0.2) is 0 Å². The maximum Gasteiger partial charge on any atom is 0.252 e. The third-order valence-corrected chi connectivity index (χ3v) is 3.30. The number of aryl methyl sites for hydroxylation is 1. The Bertz CT molecular complexity index is 349. The van der Waals surface area contributed by atoms with Crippen LogP contribution in [-0.2, 0) is 0 Å². The lowest BCUT2D eigenvalue weighted by molar-refractivity contribution is 0.0952. The van der Waals surface area contributed by atoms with E-state index in [9.17, 15) is 4.79 Å². The van der Waals surface area contributed by atoms with E-state index < -0.39 is 0 Å². The van der Waals surface area contributed by atoms with Crippen LogP contribution in [0.5, 0.6) is 0 Å². The van der Waals surface area contributed by atoms with Crippen LogP contribution in [0.2, 0.25) is 0 Å². The minimum atomic E-state index is -0.000903. The van der Waals surface area contributed by atoms with E-state index in [1.165, 1.54) is 0 Å². The van der Waals surface area contributed by atoms with Gasteiger partial charge in [0, 0.05) is 11.0 Å². The summed E-state index contributed by atoms with van der Waals surface area (Å²) in [6.07, 6.45) is 2.12. The molecule has 1 amide bonds. The zero-order chi connectivity index (χ0) is 11.3. The van der Waals surface area contributed by atoms with Crippen molar-refractivity contribution in [2.45, 2.75) is 26.7 Å². The topological polar surface area (TPSA) is 29.1 Å². The Kier molecular flexibility index (Phi) is 4.82. The summed E-state index contributed by atoms with van der Waals surface area (Å²) in [6, 6.07) is 5.71. The first-order chi connectivity index (χ1) is 7.16. The van der Waals surface area contributed by atoms with Crippen molar-refractivity contribution in [1.29, 1.82) is 0 Å². The summed E-state index contributed by atoms with van der Waals surface area (Å²) >= 11 is 3.43. The van der Waals surface area contributed by atoms with Gasteiger partial charge in [0.2, 0.25) is 0 Å². The Labute approximate surface area is 99.2 Å². The Morgan fingerprint density at radius 3 is 2.87 bits per heavy atom. The van der Waals surface area contributed by atoms with Crippen LogP contribution in [0.25, 0.3) is 0 Å². The summed E-state index contributed by atoms with van der Waals surface area (Å²) in [5.74, 6) is -0.000903. The van der Waals surface area contributed by atoms with Crippen molar-refractivity contribution in [1.82, 2.24) is 5.32 Å². The molecule has 0 bridgehead atoms. The predicted molar refractivity (Wildman–Crippen MR) is 66.1 cm³/mol. The van der Waals surface area contributed by atoms with Crippen molar-refractivity contribution >= 4 is 21.8 Å². The van der Waals surface area contributed by atoms with E-state index in [0.29, 0.717) is 5.56 Å². The summed E-state index contributed by atoms with van der Waals surface area (Å²) in [5, 5.41) is 2.90. The first-order valence-electron chi connectivity index (χ1n) is 5.20. The minimum absolute atomic E-state index is 0.000903. The number of carbonyl (C=O) groups is 1. The molecular weight excluding hydrogens is 254 g/mol. The fourth-order valence-electron chi connectivity index (χ4n) is 1.30. The standard InChI is InChI=1S/C12H16BrNO/c1-3-4-8-14-12(15)10-7-5-6-9(2)11(10)13/h5-7H,3-4,8H2,1-2H3,(H,14,15). The Hall–Kier alpha value is -0.830. The number of hydrogen-bond acceptors (Lipinski definition) is 1. The molecule has 0 aliphatic heterocycles. The summed E-state index contributed by atoms with van der Waals surface area (Å²) in [6.45, 7) is 4.83. The fourth-order valence-corrected chi connectivity index (χ4v) is 1.74. The maximum atomic E-state index is 11.8. The first kappa shape index (κ1) is 12.2. The van der Waals surface area contributed by atoms with Gasteiger partial charge in [-0.15, -0.1) is 0 Å². The van der Waals surface area contributed by atoms with Crippen LogP contribution in [0.4, 0.5) is 0 Å². The average molecular weight is 270 g/mol. The molecule has 1 N–H and O–H groups in total. The van der Waals surface area contributed by atoms with Crippen LogP contribution >= 0.6 is 15.9 Å². The fraction of sp³-hybridized carbons (Fsp3) is 0.417. The number of benzene rings is 1. The van der Waals surface area contributed by atoms with Crippen LogP contribution in [0, 0.1) is 6.92 Å². The lowest BCUT2D eigenvalue weighted by atomic mass is 10.1. The zero-order valence-corrected chi connectivity index (χ0v) is 10.7. The molecule has 0 atom stereocenters. The average Bonchev–Trinajstić information content (AvgIpc) is 2.22. The van der Waals surface area contributed by atoms with Crippen LogP contribution in [0.3, 0.4) is 0 Å². The van der Waals surface area contributed by atoms with Gasteiger partial charge in [-0.25, -0.2) is 0 Å². The third-order valence-electron chi connectivity index (χ3n) is 2.25. The number of unbranched alkanes of at least 4 members (excludes halogenated alkanes) is 1. The molecule has 0 unspecified atom stereocenters. The van der Waals surface area contributed by atoms with E-state index in [1.807, 2.05) is 25.1 Å². The molecule has 0 aliphatic rings. The predicted octanol–water partition coefficient (Wildman–Crippen LogP) is 3.29. The maximum absolute atomic E-state index is 11.8. The number of halogens is 1. The van der Waals surface area contributed by atoms with Crippen molar-refractivity contribution in [2.75, 3.05) is 6.54 Å². The van der Waals surface area contributed by atoms with Gasteiger partial charge in [0.05, 0.1) is 5.56 Å². The van der Waals surface area contributed by atoms with Gasteiger partial charge in [-0.3, -0.25) is 4.79 Å². The number of hydrogen-bond donors (Lipinski definition) is 1. The van der Waals surface area contributed by atoms with Gasteiger partial charge in [-0.1, -0.05) is 25.5 Å². The molecule has 2 nitrogen and oxygen atoms in total. The molecule has 82 valence electrons. The van der Waals surface area contributed by atoms with Crippen LogP contribution in [-0.4, -0.2) is 12.5 Å². The monoisotopic (exact) mass is 269 g/mol. The highest BCUT2D eigenvalue weighted by molar-refractivity contribution is 9.10. The van der Waals surface area contributed by atoms with E-state index in [1.54, 1.807) is 0 Å². The number of rotatable bonds is 4. The lowest BCUT2D eigenvalue weighted by Gasteiger charge is -2.07. The highest BCUT2D eigenvalue weighted by Gasteiger charge is 2.09. The Morgan fingerprint density at radius 2 is 2.20 bits per heavy atom. The first-order valence-corrected chi connectivity index (χ1v) is 5.99. The van der Waals surface area contributed by atoms with Gasteiger partial charge in [-0.2, -0.15) is 0 Å². The van der Waals surface area contributed by atoms with Crippen molar-refractivity contribution in [3.05, 3.63) is 33.8 Å². The van der Waals surface area contributed by atoms with Gasteiger partial charge >= 0.3 is 0 Å². The molecular formula is C12H16BrNO. The van der Waals surface area contributed by atoms with Gasteiger partial charge in [-0.05, 0) is 40.9 Å². The lowest BCUT2D eigenvalue weighted by Crippen LogP contribution is -2.24. The van der Waals surface area contributed by atoms with Crippen LogP contribution in [0.1, 0.15) is 35.7 Å². The van der Waals surface area contributed by atoms with Gasteiger partial charge in [0.1, 0.15) is 0 Å². The summed E-state index contributed by atoms with van der Waals surface area (Å²) < 4.78 is 0.888. The minimum Gasteiger partial charge on any atom is -0.352 e. The summed E-state index contributed by atoms with van der Waals surface area (Å²) in [5.41, 5.74) is 1.80. The normalized spacial score (nSPS) is 10.1. The van der Waals surface area contributed by atoms with Gasteiger partial charge < -0.3 is 5.32 Å². The van der Waals surface area contributed by atoms with Crippen molar-refractivity contribution in [2.24, 2.45) is 0 Å². The summed E-state index contributed by atoms with van der Waals surface area (Å²) in [7, 11) is 0. The second-order valence-electron chi connectivity index (χ2n) is 3.55. The molecule has 1 aromatic rings. The van der Waals surface area contributed by atoms with Crippen LogP contribution in [0.15, 0.2) is 22.7 Å². The van der Waals surface area contributed by atoms with Crippen molar-refractivity contribution in [3.8, 4) is 0 Å². The quantitative estimate of drug-likeness (QED) is 0.836. The van der Waals surface area contributed by atoms with Crippen LogP contribution < -0.4 is 5.32 Å². The second-order valence-corrected chi connectivity index (χ2v) is 4.34. The molecule has 0 fully saturated rings. The van der Waals surface area contributed by atoms with Crippen molar-refractivity contribution < 1.29 is 4.79 Å². The molecule has 0 radical (unpaired) electrons. The van der Waals surface area contributed by atoms with E-state index in [4.69, 9.17) is 0 Å². The molecule has 1 rings (SSSR count). The second kappa shape index (κ2) is 5.91. The van der Waals surface area contributed by atoms with Gasteiger partial charge in [0.25, 0.3) is 5.91 Å². The number of carbonyl (C=O) groups excluding carboxylic acids is 1. The molecule has 0 aliphatic carbocycles. The number of amides is 1.